The molecule has 1 aromatic rings. The number of nitrogens with two attached hydrogens (primary N) is 1. The maximum Gasteiger partial charge on any atom is 0.325 e. The van der Waals surface area contributed by atoms with Gasteiger partial charge in [0.05, 0.1) is 6.61 Å². The van der Waals surface area contributed by atoms with E-state index >= 15 is 0 Å². The predicted octanol–water partition coefficient (Wildman–Crippen LogP) is 2.58. The number of esters is 1. The first-order valence-corrected chi connectivity index (χ1v) is 7.22. The third kappa shape index (κ3) is 5.63. The number of ether oxygens (including phenoxy) is 1. The highest BCUT2D eigenvalue weighted by Crippen LogP contribution is 2.18. The summed E-state index contributed by atoms with van der Waals surface area (Å²) in [6.45, 7) is 6.31. The summed E-state index contributed by atoms with van der Waals surface area (Å²) in [5.74, 6) is -0.493. The first-order valence-electron chi connectivity index (χ1n) is 6.84. The highest BCUT2D eigenvalue weighted by molar-refractivity contribution is 6.31. The zero-order valence-corrected chi connectivity index (χ0v) is 13.3. The summed E-state index contributed by atoms with van der Waals surface area (Å²) in [6.07, 6.45) is 0. The van der Waals surface area contributed by atoms with Crippen LogP contribution in [-0.4, -0.2) is 36.5 Å². The minimum Gasteiger partial charge on any atom is -0.465 e. The Balaban J connectivity index is 2.95. The summed E-state index contributed by atoms with van der Waals surface area (Å²) >= 11 is 5.92. The molecular weight excluding hydrogens is 292 g/mol. The number of halogens is 1. The number of hydrogen-bond donors (Lipinski definition) is 1. The largest absolute Gasteiger partial charge is 0.465 e. The molecule has 0 spiro atoms. The van der Waals surface area contributed by atoms with E-state index in [9.17, 15) is 9.59 Å². The van der Waals surface area contributed by atoms with Crippen molar-refractivity contribution in [2.24, 2.45) is 5.92 Å². The molecule has 116 valence electrons. The van der Waals surface area contributed by atoms with Crippen LogP contribution in [0, 0.1) is 5.92 Å². The third-order valence-electron chi connectivity index (χ3n) is 2.67. The highest BCUT2D eigenvalue weighted by Gasteiger charge is 2.21. The van der Waals surface area contributed by atoms with Gasteiger partial charge in [-0.3, -0.25) is 9.59 Å². The van der Waals surface area contributed by atoms with Crippen LogP contribution >= 0.6 is 11.6 Å². The van der Waals surface area contributed by atoms with Crippen LogP contribution in [0.2, 0.25) is 5.02 Å². The van der Waals surface area contributed by atoms with Gasteiger partial charge in [-0.1, -0.05) is 25.4 Å². The van der Waals surface area contributed by atoms with E-state index in [1.54, 1.807) is 25.1 Å². The Morgan fingerprint density at radius 1 is 1.33 bits per heavy atom. The van der Waals surface area contributed by atoms with E-state index in [4.69, 9.17) is 22.1 Å². The van der Waals surface area contributed by atoms with Crippen molar-refractivity contribution in [1.29, 1.82) is 0 Å². The monoisotopic (exact) mass is 312 g/mol. The fraction of sp³-hybridized carbons (Fsp3) is 0.467. The fourth-order valence-electron chi connectivity index (χ4n) is 1.94. The van der Waals surface area contributed by atoms with Crippen molar-refractivity contribution >= 4 is 29.2 Å². The minimum absolute atomic E-state index is 0.0860. The molecule has 1 amide bonds. The van der Waals surface area contributed by atoms with Gasteiger partial charge in [-0.15, -0.1) is 0 Å². The number of carbonyl (C=O) groups excluding carboxylic acids is 2. The molecule has 1 rings (SSSR count). The first-order chi connectivity index (χ1) is 9.83. The van der Waals surface area contributed by atoms with Gasteiger partial charge < -0.3 is 15.4 Å². The van der Waals surface area contributed by atoms with Gasteiger partial charge in [0.2, 0.25) is 0 Å². The number of anilines is 1. The number of benzene rings is 1. The smallest absolute Gasteiger partial charge is 0.325 e. The Kier molecular flexibility index (Phi) is 6.49. The number of nitrogens with zero attached hydrogens (tertiary/aromatic N) is 1. The van der Waals surface area contributed by atoms with Crippen molar-refractivity contribution in [1.82, 2.24) is 4.90 Å². The topological polar surface area (TPSA) is 72.6 Å². The second-order valence-corrected chi connectivity index (χ2v) is 5.59. The molecule has 0 aromatic heterocycles. The normalized spacial score (nSPS) is 10.5. The van der Waals surface area contributed by atoms with E-state index in [2.05, 4.69) is 0 Å². The molecule has 0 bridgehead atoms. The summed E-state index contributed by atoms with van der Waals surface area (Å²) in [7, 11) is 0. The van der Waals surface area contributed by atoms with E-state index in [-0.39, 0.29) is 25.0 Å². The standard InChI is InChI=1S/C15H21ClN2O3/c1-4-21-14(19)9-18(8-10(2)3)15(20)11-5-12(16)7-13(17)6-11/h5-7,10H,4,8-9,17H2,1-3H3. The van der Waals surface area contributed by atoms with E-state index in [0.717, 1.165) is 0 Å². The quantitative estimate of drug-likeness (QED) is 0.647. The number of nitrogen functional groups attached to an aromatic ring is 1. The third-order valence-corrected chi connectivity index (χ3v) is 2.88. The molecule has 0 atom stereocenters. The lowest BCUT2D eigenvalue weighted by Gasteiger charge is -2.24. The number of amides is 1. The van der Waals surface area contributed by atoms with Crippen LogP contribution in [0.4, 0.5) is 5.69 Å². The van der Waals surface area contributed by atoms with Crippen LogP contribution < -0.4 is 5.73 Å². The van der Waals surface area contributed by atoms with E-state index in [0.29, 0.717) is 22.8 Å². The zero-order chi connectivity index (χ0) is 16.0. The Labute approximate surface area is 130 Å². The van der Waals surface area contributed by atoms with Gasteiger partial charge in [0.15, 0.2) is 0 Å². The van der Waals surface area contributed by atoms with E-state index in [1.807, 2.05) is 13.8 Å². The molecule has 0 fully saturated rings. The number of hydrogen-bond acceptors (Lipinski definition) is 4. The van der Waals surface area contributed by atoms with Gasteiger partial charge in [0.25, 0.3) is 5.91 Å². The molecule has 0 radical (unpaired) electrons. The molecule has 21 heavy (non-hydrogen) atoms. The van der Waals surface area contributed by atoms with Crippen LogP contribution in [0.25, 0.3) is 0 Å². The van der Waals surface area contributed by atoms with Crippen molar-refractivity contribution in [3.05, 3.63) is 28.8 Å². The predicted molar refractivity (Wildman–Crippen MR) is 83.2 cm³/mol. The molecule has 0 saturated heterocycles. The van der Waals surface area contributed by atoms with E-state index < -0.39 is 5.97 Å². The van der Waals surface area contributed by atoms with E-state index in [1.165, 1.54) is 4.90 Å². The summed E-state index contributed by atoms with van der Waals surface area (Å²) in [5.41, 5.74) is 6.48. The van der Waals surface area contributed by atoms with Gasteiger partial charge in [-0.2, -0.15) is 0 Å². The molecule has 0 heterocycles. The van der Waals surface area contributed by atoms with Crippen LogP contribution in [0.15, 0.2) is 18.2 Å². The fourth-order valence-corrected chi connectivity index (χ4v) is 2.18. The van der Waals surface area contributed by atoms with Crippen molar-refractivity contribution in [2.45, 2.75) is 20.8 Å². The van der Waals surface area contributed by atoms with Crippen LogP contribution in [0.5, 0.6) is 0 Å². The lowest BCUT2D eigenvalue weighted by molar-refractivity contribution is -0.143. The molecule has 0 aliphatic heterocycles. The van der Waals surface area contributed by atoms with Crippen LogP contribution in [-0.2, 0) is 9.53 Å². The Morgan fingerprint density at radius 3 is 2.52 bits per heavy atom. The molecule has 0 aliphatic rings. The van der Waals surface area contributed by atoms with Gasteiger partial charge >= 0.3 is 5.97 Å². The number of rotatable bonds is 6. The maximum absolute atomic E-state index is 12.5. The Hall–Kier alpha value is -1.75. The van der Waals surface area contributed by atoms with Gasteiger partial charge in [-0.05, 0) is 31.0 Å². The summed E-state index contributed by atoms with van der Waals surface area (Å²) in [6, 6.07) is 4.65. The lowest BCUT2D eigenvalue weighted by Crippen LogP contribution is -2.39. The van der Waals surface area contributed by atoms with Crippen molar-refractivity contribution in [3.8, 4) is 0 Å². The number of carbonyl (C=O) groups is 2. The molecule has 0 aliphatic carbocycles. The van der Waals surface area contributed by atoms with Gasteiger partial charge in [0, 0.05) is 22.8 Å². The van der Waals surface area contributed by atoms with Crippen molar-refractivity contribution < 1.29 is 14.3 Å². The highest BCUT2D eigenvalue weighted by atomic mass is 35.5. The summed E-state index contributed by atoms with van der Waals surface area (Å²) in [5, 5.41) is 0.388. The molecule has 6 heteroatoms. The van der Waals surface area contributed by atoms with Gasteiger partial charge in [-0.25, -0.2) is 0 Å². The minimum atomic E-state index is -0.429. The molecule has 0 saturated carbocycles. The van der Waals surface area contributed by atoms with Crippen molar-refractivity contribution in [3.63, 3.8) is 0 Å². The zero-order valence-electron chi connectivity index (χ0n) is 12.6. The van der Waals surface area contributed by atoms with Crippen LogP contribution in [0.3, 0.4) is 0 Å². The average Bonchev–Trinajstić information content (AvgIpc) is 2.35. The Bertz CT molecular complexity index is 497. The summed E-state index contributed by atoms with van der Waals surface area (Å²) in [4.78, 5) is 25.6. The summed E-state index contributed by atoms with van der Waals surface area (Å²) < 4.78 is 4.90. The molecule has 0 unspecified atom stereocenters. The first kappa shape index (κ1) is 17.3. The molecular formula is C15H21ClN2O3. The molecule has 2 N–H and O–H groups in total. The van der Waals surface area contributed by atoms with Gasteiger partial charge in [0.1, 0.15) is 6.54 Å². The molecule has 5 nitrogen and oxygen atoms in total. The lowest BCUT2D eigenvalue weighted by atomic mass is 10.1. The second kappa shape index (κ2) is 7.88. The maximum atomic E-state index is 12.5. The SMILES string of the molecule is CCOC(=O)CN(CC(C)C)C(=O)c1cc(N)cc(Cl)c1. The molecule has 1 aromatic carbocycles. The van der Waals surface area contributed by atoms with Crippen LogP contribution in [0.1, 0.15) is 31.1 Å². The van der Waals surface area contributed by atoms with Crippen molar-refractivity contribution in [2.75, 3.05) is 25.4 Å². The Morgan fingerprint density at radius 2 is 2.00 bits per heavy atom. The second-order valence-electron chi connectivity index (χ2n) is 5.16. The average molecular weight is 313 g/mol.